The molecule has 0 radical (unpaired) electrons. The molecule has 0 aliphatic heterocycles. The Morgan fingerprint density at radius 2 is 2.12 bits per heavy atom. The van der Waals surface area contributed by atoms with Gasteiger partial charge in [0.25, 0.3) is 0 Å². The Morgan fingerprint density at radius 3 is 2.69 bits per heavy atom. The van der Waals surface area contributed by atoms with Crippen LogP contribution in [0.1, 0.15) is 31.2 Å². The molecule has 0 aromatic carbocycles. The number of nitrogens with two attached hydrogens (primary N) is 1. The monoisotopic (exact) mass is 220 g/mol. The third kappa shape index (κ3) is 1.78. The molecule has 2 saturated carbocycles. The molecule has 2 fully saturated rings. The van der Waals surface area contributed by atoms with Gasteiger partial charge in [-0.2, -0.15) is 0 Å². The predicted octanol–water partition coefficient (Wildman–Crippen LogP) is 2.09. The summed E-state index contributed by atoms with van der Waals surface area (Å²) in [6, 6.07) is 2.47. The molecule has 2 aliphatic rings. The van der Waals surface area contributed by atoms with Crippen molar-refractivity contribution in [2.24, 2.45) is 23.6 Å². The highest BCUT2D eigenvalue weighted by Gasteiger charge is 2.53. The molecule has 3 heteroatoms. The second-order valence-corrected chi connectivity index (χ2v) is 5.30. The fourth-order valence-corrected chi connectivity index (χ4v) is 3.61. The summed E-state index contributed by atoms with van der Waals surface area (Å²) in [7, 11) is 0. The molecular weight excluding hydrogens is 200 g/mol. The van der Waals surface area contributed by atoms with Crippen LogP contribution in [-0.2, 0) is 6.42 Å². The van der Waals surface area contributed by atoms with E-state index in [1.54, 1.807) is 6.26 Å². The quantitative estimate of drug-likeness (QED) is 0.603. The molecule has 0 spiro atoms. The van der Waals surface area contributed by atoms with Crippen LogP contribution >= 0.6 is 0 Å². The van der Waals surface area contributed by atoms with Crippen molar-refractivity contribution in [1.82, 2.24) is 5.43 Å². The molecule has 0 saturated heterocycles. The van der Waals surface area contributed by atoms with E-state index in [-0.39, 0.29) is 0 Å². The van der Waals surface area contributed by atoms with Gasteiger partial charge in [-0.15, -0.1) is 0 Å². The number of hydrazine groups is 1. The van der Waals surface area contributed by atoms with Gasteiger partial charge >= 0.3 is 0 Å². The van der Waals surface area contributed by atoms with Gasteiger partial charge in [0.1, 0.15) is 0 Å². The van der Waals surface area contributed by atoms with E-state index in [0.717, 1.165) is 24.2 Å². The van der Waals surface area contributed by atoms with Crippen LogP contribution in [0.5, 0.6) is 0 Å². The predicted molar refractivity (Wildman–Crippen MR) is 62.5 cm³/mol. The summed E-state index contributed by atoms with van der Waals surface area (Å²) in [4.78, 5) is 0. The highest BCUT2D eigenvalue weighted by molar-refractivity contribution is 5.12. The number of hydrogen-bond donors (Lipinski definition) is 2. The lowest BCUT2D eigenvalue weighted by atomic mass is 10.0. The molecule has 3 unspecified atom stereocenters. The molecule has 1 aromatic rings. The molecule has 16 heavy (non-hydrogen) atoms. The first-order valence-corrected chi connectivity index (χ1v) is 6.37. The maximum absolute atomic E-state index is 5.70. The van der Waals surface area contributed by atoms with Crippen LogP contribution in [0, 0.1) is 17.8 Å². The maximum Gasteiger partial charge on any atom is 0.0935 e. The van der Waals surface area contributed by atoms with Crippen LogP contribution in [0.15, 0.2) is 23.0 Å². The summed E-state index contributed by atoms with van der Waals surface area (Å²) >= 11 is 0. The fourth-order valence-electron chi connectivity index (χ4n) is 3.61. The van der Waals surface area contributed by atoms with E-state index in [0.29, 0.717) is 6.04 Å². The van der Waals surface area contributed by atoms with E-state index in [1.165, 1.54) is 31.2 Å². The van der Waals surface area contributed by atoms with E-state index in [4.69, 9.17) is 10.3 Å². The Hall–Kier alpha value is -0.800. The third-order valence-corrected chi connectivity index (χ3v) is 4.44. The average Bonchev–Trinajstić information content (AvgIpc) is 2.81. The molecule has 3 rings (SSSR count). The Balaban J connectivity index is 1.63. The maximum atomic E-state index is 5.70. The minimum atomic E-state index is 0.436. The van der Waals surface area contributed by atoms with Gasteiger partial charge in [-0.05, 0) is 48.6 Å². The Bertz CT molecular complexity index is 324. The molecule has 3 N–H and O–H groups in total. The Kier molecular flexibility index (Phi) is 2.74. The minimum Gasteiger partial charge on any atom is -0.472 e. The summed E-state index contributed by atoms with van der Waals surface area (Å²) in [6.07, 6.45) is 10.2. The van der Waals surface area contributed by atoms with Gasteiger partial charge in [-0.25, -0.2) is 0 Å². The van der Waals surface area contributed by atoms with Crippen LogP contribution < -0.4 is 11.3 Å². The van der Waals surface area contributed by atoms with Crippen LogP contribution in [0.25, 0.3) is 0 Å². The largest absolute Gasteiger partial charge is 0.472 e. The topological polar surface area (TPSA) is 51.2 Å². The van der Waals surface area contributed by atoms with Crippen molar-refractivity contribution in [2.45, 2.75) is 38.1 Å². The van der Waals surface area contributed by atoms with Gasteiger partial charge < -0.3 is 4.42 Å². The van der Waals surface area contributed by atoms with Crippen molar-refractivity contribution in [1.29, 1.82) is 0 Å². The van der Waals surface area contributed by atoms with Crippen molar-refractivity contribution in [3.05, 3.63) is 24.2 Å². The zero-order valence-corrected chi connectivity index (χ0v) is 9.56. The highest BCUT2D eigenvalue weighted by Crippen LogP contribution is 2.57. The summed E-state index contributed by atoms with van der Waals surface area (Å²) in [5.74, 6) is 8.40. The molecular formula is C13H20N2O. The molecule has 1 heterocycles. The lowest BCUT2D eigenvalue weighted by molar-refractivity contribution is 0.435. The van der Waals surface area contributed by atoms with Gasteiger partial charge in [0.2, 0.25) is 0 Å². The van der Waals surface area contributed by atoms with E-state index < -0.39 is 0 Å². The molecule has 0 amide bonds. The first kappa shape index (κ1) is 10.4. The highest BCUT2D eigenvalue weighted by atomic mass is 16.3. The van der Waals surface area contributed by atoms with Crippen molar-refractivity contribution < 1.29 is 4.42 Å². The molecule has 88 valence electrons. The van der Waals surface area contributed by atoms with Gasteiger partial charge in [-0.3, -0.25) is 11.3 Å². The average molecular weight is 220 g/mol. The lowest BCUT2D eigenvalue weighted by Crippen LogP contribution is -2.39. The van der Waals surface area contributed by atoms with Gasteiger partial charge in [0.05, 0.1) is 12.5 Å². The second-order valence-electron chi connectivity index (χ2n) is 5.30. The van der Waals surface area contributed by atoms with Gasteiger partial charge in [0, 0.05) is 6.04 Å². The first-order chi connectivity index (χ1) is 7.90. The van der Waals surface area contributed by atoms with Crippen molar-refractivity contribution in [2.75, 3.05) is 0 Å². The van der Waals surface area contributed by atoms with E-state index in [9.17, 15) is 0 Å². The zero-order valence-electron chi connectivity index (χ0n) is 9.56. The van der Waals surface area contributed by atoms with Crippen molar-refractivity contribution in [3.8, 4) is 0 Å². The molecule has 1 aromatic heterocycles. The Morgan fingerprint density at radius 1 is 1.38 bits per heavy atom. The van der Waals surface area contributed by atoms with Crippen molar-refractivity contribution >= 4 is 0 Å². The van der Waals surface area contributed by atoms with Gasteiger partial charge in [-0.1, -0.05) is 12.8 Å². The normalized spacial score (nSPS) is 34.4. The summed E-state index contributed by atoms with van der Waals surface area (Å²) < 4.78 is 5.11. The number of hydrogen-bond acceptors (Lipinski definition) is 3. The Labute approximate surface area is 96.4 Å². The number of furan rings is 1. The molecule has 3 atom stereocenters. The molecule has 3 nitrogen and oxygen atoms in total. The molecule has 2 aliphatic carbocycles. The standard InChI is InChI=1S/C13H20N2O/c14-15-12(7-9-5-6-16-8-9)13-10-3-1-2-4-11(10)13/h5-6,8,10-13,15H,1-4,7,14H2. The summed E-state index contributed by atoms with van der Waals surface area (Å²) in [5, 5.41) is 0. The van der Waals surface area contributed by atoms with E-state index >= 15 is 0 Å². The fraction of sp³-hybridized carbons (Fsp3) is 0.692. The van der Waals surface area contributed by atoms with Crippen molar-refractivity contribution in [3.63, 3.8) is 0 Å². The smallest absolute Gasteiger partial charge is 0.0935 e. The summed E-state index contributed by atoms with van der Waals surface area (Å²) in [6.45, 7) is 0. The van der Waals surface area contributed by atoms with Crippen LogP contribution in [0.3, 0.4) is 0 Å². The first-order valence-electron chi connectivity index (χ1n) is 6.37. The zero-order chi connectivity index (χ0) is 11.0. The van der Waals surface area contributed by atoms with E-state index in [1.807, 2.05) is 12.3 Å². The number of nitrogens with one attached hydrogen (secondary N) is 1. The second kappa shape index (κ2) is 4.22. The summed E-state index contributed by atoms with van der Waals surface area (Å²) in [5.41, 5.74) is 4.27. The number of fused-ring (bicyclic) bond motifs is 1. The van der Waals surface area contributed by atoms with Crippen LogP contribution in [-0.4, -0.2) is 6.04 Å². The minimum absolute atomic E-state index is 0.436. The number of rotatable bonds is 4. The van der Waals surface area contributed by atoms with Gasteiger partial charge in [0.15, 0.2) is 0 Å². The SMILES string of the molecule is NNC(Cc1ccoc1)C1C2CCCCC21. The van der Waals surface area contributed by atoms with Crippen LogP contribution in [0.2, 0.25) is 0 Å². The van der Waals surface area contributed by atoms with Crippen LogP contribution in [0.4, 0.5) is 0 Å². The third-order valence-electron chi connectivity index (χ3n) is 4.44. The lowest BCUT2D eigenvalue weighted by Gasteiger charge is -2.14. The molecule has 0 bridgehead atoms. The van der Waals surface area contributed by atoms with E-state index in [2.05, 4.69) is 5.43 Å².